The van der Waals surface area contributed by atoms with Crippen molar-refractivity contribution >= 4 is 16.8 Å². The van der Waals surface area contributed by atoms with Crippen molar-refractivity contribution < 1.29 is 0 Å². The van der Waals surface area contributed by atoms with E-state index in [1.807, 2.05) is 7.05 Å². The molecular weight excluding hydrogens is 178 g/mol. The molecule has 0 aliphatic heterocycles. The van der Waals surface area contributed by atoms with Gasteiger partial charge >= 0.3 is 0 Å². The van der Waals surface area contributed by atoms with Crippen molar-refractivity contribution in [1.29, 1.82) is 0 Å². The lowest BCUT2D eigenvalue weighted by atomic mass is 10.0. The van der Waals surface area contributed by atoms with Crippen LogP contribution in [0.2, 0.25) is 0 Å². The Hall–Kier alpha value is -0.760. The summed E-state index contributed by atoms with van der Waals surface area (Å²) >= 11 is 1.70. The van der Waals surface area contributed by atoms with Crippen LogP contribution in [0.4, 0.5) is 0 Å². The Balaban J connectivity index is 3.27. The molecule has 0 N–H and O–H groups in total. The first-order valence-electron chi connectivity index (χ1n) is 4.28. The first-order chi connectivity index (χ1) is 6.20. The predicted molar refractivity (Wildman–Crippen MR) is 61.9 cm³/mol. The standard InChI is InChI=1S/C11H15NS/c1-8-6-5-7-9(2)10(8)11(12-3)13-4/h5-7H,1-4H3. The van der Waals surface area contributed by atoms with Crippen LogP contribution in [-0.2, 0) is 0 Å². The maximum atomic E-state index is 4.28. The Bertz CT molecular complexity index is 309. The number of benzene rings is 1. The second-order valence-electron chi connectivity index (χ2n) is 3.00. The maximum absolute atomic E-state index is 4.28. The largest absolute Gasteiger partial charge is 0.281 e. The third-order valence-electron chi connectivity index (χ3n) is 2.09. The van der Waals surface area contributed by atoms with Crippen LogP contribution in [0, 0.1) is 13.8 Å². The van der Waals surface area contributed by atoms with Gasteiger partial charge in [-0.3, -0.25) is 4.99 Å². The highest BCUT2D eigenvalue weighted by molar-refractivity contribution is 8.13. The van der Waals surface area contributed by atoms with Crippen LogP contribution in [0.3, 0.4) is 0 Å². The van der Waals surface area contributed by atoms with Crippen LogP contribution in [0.25, 0.3) is 0 Å². The van der Waals surface area contributed by atoms with Crippen molar-refractivity contribution in [3.8, 4) is 0 Å². The zero-order valence-corrected chi connectivity index (χ0v) is 9.40. The van der Waals surface area contributed by atoms with Crippen molar-refractivity contribution in [3.05, 3.63) is 34.9 Å². The van der Waals surface area contributed by atoms with Gasteiger partial charge in [-0.25, -0.2) is 0 Å². The van der Waals surface area contributed by atoms with Crippen LogP contribution in [0.5, 0.6) is 0 Å². The van der Waals surface area contributed by atoms with E-state index in [0.29, 0.717) is 0 Å². The van der Waals surface area contributed by atoms with Gasteiger partial charge in [0.05, 0.1) is 5.04 Å². The fourth-order valence-electron chi connectivity index (χ4n) is 1.46. The molecule has 13 heavy (non-hydrogen) atoms. The monoisotopic (exact) mass is 193 g/mol. The molecule has 0 aliphatic rings. The summed E-state index contributed by atoms with van der Waals surface area (Å²) in [6, 6.07) is 6.34. The molecule has 0 heterocycles. The lowest BCUT2D eigenvalue weighted by Crippen LogP contribution is -2.00. The van der Waals surface area contributed by atoms with E-state index in [1.54, 1.807) is 11.8 Å². The second-order valence-corrected chi connectivity index (χ2v) is 3.79. The van der Waals surface area contributed by atoms with Gasteiger partial charge in [0.1, 0.15) is 0 Å². The van der Waals surface area contributed by atoms with Gasteiger partial charge in [-0.1, -0.05) is 18.2 Å². The van der Waals surface area contributed by atoms with E-state index < -0.39 is 0 Å². The summed E-state index contributed by atoms with van der Waals surface area (Å²) in [5, 5.41) is 1.12. The normalized spacial score (nSPS) is 11.8. The minimum absolute atomic E-state index is 1.12. The molecule has 1 rings (SSSR count). The van der Waals surface area contributed by atoms with Crippen LogP contribution >= 0.6 is 11.8 Å². The summed E-state index contributed by atoms with van der Waals surface area (Å²) in [4.78, 5) is 4.28. The lowest BCUT2D eigenvalue weighted by molar-refractivity contribution is 1.34. The van der Waals surface area contributed by atoms with Gasteiger partial charge in [-0.05, 0) is 31.2 Å². The molecule has 0 aromatic heterocycles. The molecule has 0 spiro atoms. The Morgan fingerprint density at radius 3 is 2.15 bits per heavy atom. The Morgan fingerprint density at radius 2 is 1.77 bits per heavy atom. The Morgan fingerprint density at radius 1 is 1.23 bits per heavy atom. The molecule has 0 unspecified atom stereocenters. The Labute approximate surface area is 84.3 Å². The molecule has 2 heteroatoms. The first kappa shape index (κ1) is 10.3. The molecular formula is C11H15NS. The van der Waals surface area contributed by atoms with Gasteiger partial charge in [0, 0.05) is 12.6 Å². The molecule has 0 fully saturated rings. The molecule has 0 bridgehead atoms. The van der Waals surface area contributed by atoms with Gasteiger partial charge in [-0.15, -0.1) is 11.8 Å². The summed E-state index contributed by atoms with van der Waals surface area (Å²) in [5.74, 6) is 0. The second kappa shape index (κ2) is 4.47. The number of aryl methyl sites for hydroxylation is 2. The number of rotatable bonds is 1. The number of nitrogens with zero attached hydrogens (tertiary/aromatic N) is 1. The highest BCUT2D eigenvalue weighted by Gasteiger charge is 2.07. The molecule has 0 saturated heterocycles. The fourth-order valence-corrected chi connectivity index (χ4v) is 2.17. The summed E-state index contributed by atoms with van der Waals surface area (Å²) in [6.07, 6.45) is 2.06. The van der Waals surface area contributed by atoms with E-state index in [1.165, 1.54) is 16.7 Å². The van der Waals surface area contributed by atoms with Crippen LogP contribution < -0.4 is 0 Å². The molecule has 0 radical (unpaired) electrons. The van der Waals surface area contributed by atoms with Gasteiger partial charge in [-0.2, -0.15) is 0 Å². The molecule has 1 nitrogen and oxygen atoms in total. The average molecular weight is 193 g/mol. The number of thioether (sulfide) groups is 1. The molecule has 1 aromatic carbocycles. The van der Waals surface area contributed by atoms with E-state index in [9.17, 15) is 0 Å². The molecule has 0 atom stereocenters. The lowest BCUT2D eigenvalue weighted by Gasteiger charge is -2.09. The van der Waals surface area contributed by atoms with E-state index in [-0.39, 0.29) is 0 Å². The van der Waals surface area contributed by atoms with E-state index >= 15 is 0 Å². The number of hydrogen-bond acceptors (Lipinski definition) is 2. The van der Waals surface area contributed by atoms with Crippen LogP contribution in [0.15, 0.2) is 23.2 Å². The summed E-state index contributed by atoms with van der Waals surface area (Å²) in [6.45, 7) is 4.26. The van der Waals surface area contributed by atoms with Gasteiger partial charge in [0.25, 0.3) is 0 Å². The van der Waals surface area contributed by atoms with Crippen LogP contribution in [0.1, 0.15) is 16.7 Å². The van der Waals surface area contributed by atoms with Gasteiger partial charge in [0.15, 0.2) is 0 Å². The van der Waals surface area contributed by atoms with Crippen LogP contribution in [-0.4, -0.2) is 18.3 Å². The van der Waals surface area contributed by atoms with Crippen molar-refractivity contribution in [2.45, 2.75) is 13.8 Å². The summed E-state index contributed by atoms with van der Waals surface area (Å²) in [5.41, 5.74) is 3.89. The zero-order valence-electron chi connectivity index (χ0n) is 8.59. The number of hydrogen-bond donors (Lipinski definition) is 0. The molecule has 0 saturated carbocycles. The molecule has 0 aliphatic carbocycles. The predicted octanol–water partition coefficient (Wildman–Crippen LogP) is 3.04. The van der Waals surface area contributed by atoms with Crippen molar-refractivity contribution in [2.75, 3.05) is 13.3 Å². The first-order valence-corrected chi connectivity index (χ1v) is 5.50. The smallest absolute Gasteiger partial charge is 0.0976 e. The highest BCUT2D eigenvalue weighted by atomic mass is 32.2. The van der Waals surface area contributed by atoms with Crippen molar-refractivity contribution in [3.63, 3.8) is 0 Å². The van der Waals surface area contributed by atoms with Gasteiger partial charge in [0.2, 0.25) is 0 Å². The summed E-state index contributed by atoms with van der Waals surface area (Å²) in [7, 11) is 1.84. The third-order valence-corrected chi connectivity index (χ3v) is 2.86. The molecule has 70 valence electrons. The van der Waals surface area contributed by atoms with Crippen molar-refractivity contribution in [2.24, 2.45) is 4.99 Å². The SMILES string of the molecule is CN=C(SC)c1c(C)cccc1C. The minimum atomic E-state index is 1.12. The van der Waals surface area contributed by atoms with E-state index in [4.69, 9.17) is 0 Å². The fraction of sp³-hybridized carbons (Fsp3) is 0.364. The number of aliphatic imine (C=N–C) groups is 1. The molecule has 1 aromatic rings. The zero-order chi connectivity index (χ0) is 9.84. The topological polar surface area (TPSA) is 12.4 Å². The Kier molecular flexibility index (Phi) is 3.55. The third kappa shape index (κ3) is 2.13. The summed E-state index contributed by atoms with van der Waals surface area (Å²) < 4.78 is 0. The quantitative estimate of drug-likeness (QED) is 0.493. The van der Waals surface area contributed by atoms with E-state index in [2.05, 4.69) is 43.3 Å². The van der Waals surface area contributed by atoms with E-state index in [0.717, 1.165) is 5.04 Å². The maximum Gasteiger partial charge on any atom is 0.0976 e. The van der Waals surface area contributed by atoms with Gasteiger partial charge < -0.3 is 0 Å². The minimum Gasteiger partial charge on any atom is -0.281 e. The van der Waals surface area contributed by atoms with Crippen molar-refractivity contribution in [1.82, 2.24) is 0 Å². The highest BCUT2D eigenvalue weighted by Crippen LogP contribution is 2.19. The average Bonchev–Trinajstić information content (AvgIpc) is 2.11. The molecule has 0 amide bonds.